The van der Waals surface area contributed by atoms with Gasteiger partial charge in [0.2, 0.25) is 0 Å². The number of hydrogen-bond acceptors (Lipinski definition) is 6. The van der Waals surface area contributed by atoms with E-state index in [4.69, 9.17) is 14.2 Å². The number of ether oxygens (including phenoxy) is 3. The van der Waals surface area contributed by atoms with Crippen molar-refractivity contribution in [3.63, 3.8) is 0 Å². The van der Waals surface area contributed by atoms with E-state index in [0.717, 1.165) is 109 Å². The molecule has 0 bridgehead atoms. The molecular weight excluding hydrogens is 1020 g/mol. The van der Waals surface area contributed by atoms with Crippen molar-refractivity contribution < 1.29 is 28.6 Å². The summed E-state index contributed by atoms with van der Waals surface area (Å²) in [5.41, 5.74) is 0. The van der Waals surface area contributed by atoms with E-state index < -0.39 is 6.10 Å². The molecule has 0 aromatic heterocycles. The second kappa shape index (κ2) is 69.5. The maximum absolute atomic E-state index is 12.9. The number of unbranched alkanes of at least 4 members (excludes halogenated alkanes) is 23. The maximum Gasteiger partial charge on any atom is 0.306 e. The molecule has 0 aliphatic heterocycles. The third kappa shape index (κ3) is 67.7. The van der Waals surface area contributed by atoms with Crippen LogP contribution in [-0.4, -0.2) is 37.2 Å². The molecular formula is C77H124O6. The molecule has 1 atom stereocenters. The molecule has 0 aliphatic rings. The summed E-state index contributed by atoms with van der Waals surface area (Å²) in [6.45, 7) is 6.33. The highest BCUT2D eigenvalue weighted by Crippen LogP contribution is 2.16. The van der Waals surface area contributed by atoms with Crippen LogP contribution >= 0.6 is 0 Å². The van der Waals surface area contributed by atoms with Gasteiger partial charge in [-0.05, 0) is 135 Å². The third-order valence-electron chi connectivity index (χ3n) is 14.0. The van der Waals surface area contributed by atoms with Gasteiger partial charge in [-0.25, -0.2) is 0 Å². The summed E-state index contributed by atoms with van der Waals surface area (Å²) in [6, 6.07) is 0. The first-order chi connectivity index (χ1) is 41.0. The average Bonchev–Trinajstić information content (AvgIpc) is 3.49. The summed E-state index contributed by atoms with van der Waals surface area (Å²) in [5, 5.41) is 0. The molecule has 0 radical (unpaired) electrons. The van der Waals surface area contributed by atoms with Crippen molar-refractivity contribution in [3.05, 3.63) is 158 Å². The van der Waals surface area contributed by atoms with Crippen LogP contribution in [0.2, 0.25) is 0 Å². The maximum atomic E-state index is 12.9. The Hall–Kier alpha value is -4.97. The molecule has 0 fully saturated rings. The van der Waals surface area contributed by atoms with Gasteiger partial charge in [-0.2, -0.15) is 0 Å². The molecule has 0 saturated carbocycles. The van der Waals surface area contributed by atoms with Gasteiger partial charge in [0.15, 0.2) is 6.10 Å². The van der Waals surface area contributed by atoms with Gasteiger partial charge in [0.25, 0.3) is 0 Å². The topological polar surface area (TPSA) is 78.9 Å². The molecule has 0 amide bonds. The molecule has 0 saturated heterocycles. The zero-order valence-electron chi connectivity index (χ0n) is 53.7. The fraction of sp³-hybridized carbons (Fsp3) is 0.623. The van der Waals surface area contributed by atoms with Crippen molar-refractivity contribution in [1.82, 2.24) is 0 Å². The number of esters is 3. The first kappa shape index (κ1) is 78.0. The monoisotopic (exact) mass is 1140 g/mol. The largest absolute Gasteiger partial charge is 0.462 e. The van der Waals surface area contributed by atoms with Crippen LogP contribution in [0.3, 0.4) is 0 Å². The Bertz CT molecular complexity index is 1840. The van der Waals surface area contributed by atoms with Gasteiger partial charge >= 0.3 is 17.9 Å². The molecule has 6 nitrogen and oxygen atoms in total. The van der Waals surface area contributed by atoms with Crippen LogP contribution in [0.15, 0.2) is 158 Å². The lowest BCUT2D eigenvalue weighted by atomic mass is 10.0. The molecule has 6 heteroatoms. The predicted molar refractivity (Wildman–Crippen MR) is 362 cm³/mol. The van der Waals surface area contributed by atoms with Gasteiger partial charge in [-0.1, -0.05) is 294 Å². The van der Waals surface area contributed by atoms with Crippen molar-refractivity contribution in [1.29, 1.82) is 0 Å². The van der Waals surface area contributed by atoms with E-state index in [1.54, 1.807) is 0 Å². The summed E-state index contributed by atoms with van der Waals surface area (Å²) >= 11 is 0. The Morgan fingerprint density at radius 3 is 0.795 bits per heavy atom. The Morgan fingerprint density at radius 2 is 0.482 bits per heavy atom. The number of hydrogen-bond donors (Lipinski definition) is 0. The van der Waals surface area contributed by atoms with Crippen LogP contribution in [0, 0.1) is 0 Å². The second-order valence-corrected chi connectivity index (χ2v) is 22.0. The zero-order chi connectivity index (χ0) is 59.9. The molecule has 0 aromatic rings. The average molecular weight is 1150 g/mol. The predicted octanol–water partition coefficient (Wildman–Crippen LogP) is 23.7. The highest BCUT2D eigenvalue weighted by atomic mass is 16.6. The van der Waals surface area contributed by atoms with E-state index in [2.05, 4.69) is 179 Å². The lowest BCUT2D eigenvalue weighted by Gasteiger charge is -2.18. The molecule has 0 rings (SSSR count). The Balaban J connectivity index is 4.52. The lowest BCUT2D eigenvalue weighted by molar-refractivity contribution is -0.167. The van der Waals surface area contributed by atoms with Gasteiger partial charge in [0.1, 0.15) is 13.2 Å². The SMILES string of the molecule is CC/C=C\C/C=C\C/C=C\C/C=C\C/C=C\C/C=C\C/C=C\CCCC(=O)OC(COC(=O)CCC/C=C\C/C=C\C/C=C\C/C=C\C/C=C\CC)COC(=O)CCCCCCCCCCCCCCC/C=C\CCCCCCCCCC. The van der Waals surface area contributed by atoms with Crippen LogP contribution in [0.5, 0.6) is 0 Å². The minimum atomic E-state index is -0.841. The van der Waals surface area contributed by atoms with E-state index >= 15 is 0 Å². The van der Waals surface area contributed by atoms with E-state index in [1.807, 2.05) is 0 Å². The highest BCUT2D eigenvalue weighted by molar-refractivity contribution is 5.71. The number of rotatable bonds is 60. The van der Waals surface area contributed by atoms with Gasteiger partial charge in [0, 0.05) is 19.3 Å². The van der Waals surface area contributed by atoms with E-state index in [-0.39, 0.29) is 44.0 Å². The van der Waals surface area contributed by atoms with Crippen LogP contribution in [-0.2, 0) is 28.6 Å². The summed E-state index contributed by atoms with van der Waals surface area (Å²) in [4.78, 5) is 38.4. The molecule has 0 N–H and O–H groups in total. The molecule has 468 valence electrons. The van der Waals surface area contributed by atoms with Gasteiger partial charge in [-0.15, -0.1) is 0 Å². The minimum Gasteiger partial charge on any atom is -0.462 e. The van der Waals surface area contributed by atoms with E-state index in [1.165, 1.54) is 128 Å². The Morgan fingerprint density at radius 1 is 0.253 bits per heavy atom. The Labute approximate surface area is 511 Å². The van der Waals surface area contributed by atoms with Crippen molar-refractivity contribution in [2.45, 2.75) is 297 Å². The summed E-state index contributed by atoms with van der Waals surface area (Å²) in [7, 11) is 0. The smallest absolute Gasteiger partial charge is 0.306 e. The minimum absolute atomic E-state index is 0.124. The second-order valence-electron chi connectivity index (χ2n) is 22.0. The molecule has 0 spiro atoms. The molecule has 83 heavy (non-hydrogen) atoms. The third-order valence-corrected chi connectivity index (χ3v) is 14.0. The van der Waals surface area contributed by atoms with Gasteiger partial charge in [-0.3, -0.25) is 14.4 Å². The first-order valence-electron chi connectivity index (χ1n) is 34.0. The quantitative estimate of drug-likeness (QED) is 0.0261. The fourth-order valence-electron chi connectivity index (χ4n) is 8.99. The van der Waals surface area contributed by atoms with Crippen LogP contribution < -0.4 is 0 Å². The van der Waals surface area contributed by atoms with Crippen LogP contribution in [0.1, 0.15) is 290 Å². The van der Waals surface area contributed by atoms with Crippen molar-refractivity contribution in [2.24, 2.45) is 0 Å². The van der Waals surface area contributed by atoms with Gasteiger partial charge in [0.05, 0.1) is 0 Å². The molecule has 0 heterocycles. The molecule has 1 unspecified atom stereocenters. The van der Waals surface area contributed by atoms with Gasteiger partial charge < -0.3 is 14.2 Å². The van der Waals surface area contributed by atoms with Crippen molar-refractivity contribution in [3.8, 4) is 0 Å². The summed E-state index contributed by atoms with van der Waals surface area (Å²) in [5.74, 6) is -1.05. The van der Waals surface area contributed by atoms with E-state index in [0.29, 0.717) is 19.3 Å². The summed E-state index contributed by atoms with van der Waals surface area (Å²) < 4.78 is 16.9. The standard InChI is InChI=1S/C77H124O6/c1-4-7-10-13-16-19-22-25-28-31-33-35-37-38-40-41-43-46-49-52-55-58-61-64-67-70-76(79)82-73-74(72-81-75(78)69-66-63-60-57-54-51-48-45-30-27-24-21-18-15-12-9-6-3)83-77(80)71-68-65-62-59-56-53-50-47-44-42-39-36-34-32-29-26-23-20-17-14-11-8-5-2/h8-9,11-12,17-18,20-21,26-27,29-31,33-34,36,42,44,48,50-51,53,57,59-60,62,74H,4-7,10,13-16,19,22-25,28,32,35,37-41,43,45-47,49,52,54-56,58,61,63-73H2,1-3H3/b11-8-,12-9-,20-17-,21-18-,29-26-,30-27-,33-31-,36-34-,44-42-,51-48-,53-50-,60-57-,62-59-. The highest BCUT2D eigenvalue weighted by Gasteiger charge is 2.19. The first-order valence-corrected chi connectivity index (χ1v) is 34.0. The molecule has 0 aromatic carbocycles. The zero-order valence-corrected chi connectivity index (χ0v) is 53.7. The van der Waals surface area contributed by atoms with Crippen molar-refractivity contribution in [2.75, 3.05) is 13.2 Å². The van der Waals surface area contributed by atoms with Crippen molar-refractivity contribution >= 4 is 17.9 Å². The van der Waals surface area contributed by atoms with Crippen LogP contribution in [0.4, 0.5) is 0 Å². The summed E-state index contributed by atoms with van der Waals surface area (Å²) in [6.07, 6.45) is 101. The van der Waals surface area contributed by atoms with E-state index in [9.17, 15) is 14.4 Å². The normalized spacial score (nSPS) is 13.1. The van der Waals surface area contributed by atoms with Crippen LogP contribution in [0.25, 0.3) is 0 Å². The number of carbonyl (C=O) groups is 3. The number of allylic oxidation sites excluding steroid dienone is 26. The molecule has 0 aliphatic carbocycles. The fourth-order valence-corrected chi connectivity index (χ4v) is 8.99. The Kier molecular flexibility index (Phi) is 65.4. The lowest BCUT2D eigenvalue weighted by Crippen LogP contribution is -2.30. The number of carbonyl (C=O) groups excluding carboxylic acids is 3.